The molecule has 0 aliphatic carbocycles. The largest absolute Gasteiger partial charge is 0.493 e. The number of benzene rings is 1. The van der Waals surface area contributed by atoms with Crippen molar-refractivity contribution in [2.24, 2.45) is 0 Å². The van der Waals surface area contributed by atoms with Gasteiger partial charge in [-0.25, -0.2) is 9.97 Å². The molecule has 0 unspecified atom stereocenters. The first kappa shape index (κ1) is 28.4. The summed E-state index contributed by atoms with van der Waals surface area (Å²) >= 11 is 1.49. The summed E-state index contributed by atoms with van der Waals surface area (Å²) in [6, 6.07) is 11.6. The molecule has 0 bridgehead atoms. The van der Waals surface area contributed by atoms with Crippen LogP contribution in [0.4, 0.5) is 5.82 Å². The molecule has 0 fully saturated rings. The molecule has 0 spiro atoms. The number of carbonyl (C=O) groups excluding carboxylic acids is 1. The monoisotopic (exact) mass is 526 g/mol. The number of likely N-dealkylation sites (N-methyl/N-ethyl adjacent to an activating group) is 1. The number of furan rings is 1. The zero-order valence-electron chi connectivity index (χ0n) is 23.0. The van der Waals surface area contributed by atoms with E-state index in [9.17, 15) is 4.79 Å². The molecule has 0 atom stereocenters. The van der Waals surface area contributed by atoms with Crippen LogP contribution in [-0.4, -0.2) is 49.7 Å². The fourth-order valence-corrected chi connectivity index (χ4v) is 4.30. The number of amides is 1. The predicted octanol–water partition coefficient (Wildman–Crippen LogP) is 5.49. The maximum atomic E-state index is 12.2. The molecule has 2 heterocycles. The van der Waals surface area contributed by atoms with Crippen molar-refractivity contribution < 1.29 is 18.7 Å². The second-order valence-electron chi connectivity index (χ2n) is 10.2. The summed E-state index contributed by atoms with van der Waals surface area (Å²) in [4.78, 5) is 24.0. The quantitative estimate of drug-likeness (QED) is 0.259. The Morgan fingerprint density at radius 1 is 1.08 bits per heavy atom. The maximum Gasteiger partial charge on any atom is 0.287 e. The number of ether oxygens (including phenoxy) is 2. The lowest BCUT2D eigenvalue weighted by atomic mass is 9.92. The van der Waals surface area contributed by atoms with Crippen molar-refractivity contribution in [3.8, 4) is 11.5 Å². The van der Waals surface area contributed by atoms with Crippen LogP contribution in [-0.2, 0) is 17.6 Å². The third kappa shape index (κ3) is 7.89. The Balaban J connectivity index is 1.73. The number of anilines is 1. The van der Waals surface area contributed by atoms with Crippen molar-refractivity contribution in [2.45, 2.75) is 63.4 Å². The predicted molar refractivity (Wildman–Crippen MR) is 148 cm³/mol. The zero-order valence-corrected chi connectivity index (χ0v) is 23.9. The van der Waals surface area contributed by atoms with Crippen LogP contribution in [0.2, 0.25) is 0 Å². The molecular weight excluding hydrogens is 488 g/mol. The molecule has 0 saturated carbocycles. The van der Waals surface area contributed by atoms with Gasteiger partial charge in [-0.15, -0.1) is 0 Å². The van der Waals surface area contributed by atoms with E-state index < -0.39 is 0 Å². The van der Waals surface area contributed by atoms with E-state index >= 15 is 0 Å². The molecule has 0 aliphatic rings. The molecule has 1 N–H and O–H groups in total. The Kier molecular flexibility index (Phi) is 9.48. The molecule has 2 aromatic heterocycles. The van der Waals surface area contributed by atoms with Crippen LogP contribution < -0.4 is 19.7 Å². The fourth-order valence-electron chi connectivity index (χ4n) is 3.55. The Bertz CT molecular complexity index is 1200. The minimum atomic E-state index is -0.212. The lowest BCUT2D eigenvalue weighted by Crippen LogP contribution is -2.29. The molecule has 200 valence electrons. The molecule has 9 heteroatoms. The second-order valence-corrected chi connectivity index (χ2v) is 11.1. The van der Waals surface area contributed by atoms with Crippen molar-refractivity contribution >= 4 is 23.5 Å². The van der Waals surface area contributed by atoms with Crippen LogP contribution >= 0.6 is 11.8 Å². The van der Waals surface area contributed by atoms with Gasteiger partial charge in [-0.1, -0.05) is 38.6 Å². The minimum absolute atomic E-state index is 0.0473. The van der Waals surface area contributed by atoms with E-state index in [1.807, 2.05) is 39.1 Å². The van der Waals surface area contributed by atoms with Gasteiger partial charge in [0.25, 0.3) is 5.91 Å². The van der Waals surface area contributed by atoms with Crippen molar-refractivity contribution in [2.75, 3.05) is 32.7 Å². The van der Waals surface area contributed by atoms with Crippen molar-refractivity contribution in [3.05, 3.63) is 59.2 Å². The minimum Gasteiger partial charge on any atom is -0.493 e. The summed E-state index contributed by atoms with van der Waals surface area (Å²) < 4.78 is 16.5. The van der Waals surface area contributed by atoms with E-state index in [0.717, 1.165) is 41.5 Å². The number of hydrogen-bond donors (Lipinski definition) is 1. The molecule has 3 aromatic rings. The highest BCUT2D eigenvalue weighted by molar-refractivity contribution is 7.98. The number of hydrogen-bond acceptors (Lipinski definition) is 8. The number of nitrogens with zero attached hydrogens (tertiary/aromatic N) is 3. The van der Waals surface area contributed by atoms with Crippen LogP contribution in [0.5, 0.6) is 11.5 Å². The molecule has 3 rings (SSSR count). The van der Waals surface area contributed by atoms with Crippen molar-refractivity contribution in [1.82, 2.24) is 15.3 Å². The van der Waals surface area contributed by atoms with Crippen molar-refractivity contribution in [3.63, 3.8) is 0 Å². The summed E-state index contributed by atoms with van der Waals surface area (Å²) in [7, 11) is 5.32. The molecule has 1 amide bonds. The highest BCUT2D eigenvalue weighted by Gasteiger charge is 2.20. The number of methoxy groups -OCH3 is 2. The summed E-state index contributed by atoms with van der Waals surface area (Å²) in [5, 5.41) is 3.51. The number of aromatic nitrogens is 2. The summed E-state index contributed by atoms with van der Waals surface area (Å²) in [5.41, 5.74) is 1.98. The fraction of sp³-hybridized carbons (Fsp3) is 0.464. The molecule has 37 heavy (non-hydrogen) atoms. The van der Waals surface area contributed by atoms with Gasteiger partial charge in [-0.3, -0.25) is 4.79 Å². The molecule has 0 aliphatic heterocycles. The first-order valence-electron chi connectivity index (χ1n) is 12.3. The summed E-state index contributed by atoms with van der Waals surface area (Å²) in [6.07, 6.45) is 0.821. The van der Waals surface area contributed by atoms with Crippen LogP contribution in [0.1, 0.15) is 62.2 Å². The van der Waals surface area contributed by atoms with Crippen LogP contribution in [0.3, 0.4) is 0 Å². The van der Waals surface area contributed by atoms with Gasteiger partial charge in [0.1, 0.15) is 11.6 Å². The number of carbonyl (C=O) groups is 1. The molecule has 8 nitrogen and oxygen atoms in total. The Morgan fingerprint density at radius 2 is 1.81 bits per heavy atom. The number of nitrogens with one attached hydrogen (secondary N) is 1. The number of rotatable bonds is 11. The van der Waals surface area contributed by atoms with Crippen LogP contribution in [0, 0.1) is 0 Å². The third-order valence-corrected chi connectivity index (χ3v) is 6.55. The number of thioether (sulfide) groups is 1. The van der Waals surface area contributed by atoms with Gasteiger partial charge in [-0.2, -0.15) is 0 Å². The van der Waals surface area contributed by atoms with Crippen LogP contribution in [0.15, 0.2) is 46.0 Å². The van der Waals surface area contributed by atoms with Gasteiger partial charge in [0.05, 0.1) is 25.7 Å². The first-order chi connectivity index (χ1) is 17.5. The Morgan fingerprint density at radius 3 is 2.46 bits per heavy atom. The molecule has 0 saturated heterocycles. The van der Waals surface area contributed by atoms with Gasteiger partial charge >= 0.3 is 0 Å². The van der Waals surface area contributed by atoms with Crippen LogP contribution in [0.25, 0.3) is 0 Å². The van der Waals surface area contributed by atoms with Gasteiger partial charge in [-0.05, 0) is 50.1 Å². The van der Waals surface area contributed by atoms with E-state index in [-0.39, 0.29) is 17.4 Å². The van der Waals surface area contributed by atoms with Gasteiger partial charge in [0.2, 0.25) is 0 Å². The summed E-state index contributed by atoms with van der Waals surface area (Å²) in [6.45, 7) is 11.0. The molecule has 1 aromatic carbocycles. The van der Waals surface area contributed by atoms with Gasteiger partial charge in [0, 0.05) is 31.1 Å². The van der Waals surface area contributed by atoms with E-state index in [4.69, 9.17) is 23.9 Å². The van der Waals surface area contributed by atoms with Crippen molar-refractivity contribution in [1.29, 1.82) is 0 Å². The second kappa shape index (κ2) is 12.4. The molecule has 0 radical (unpaired) electrons. The van der Waals surface area contributed by atoms with E-state index in [2.05, 4.69) is 43.1 Å². The first-order valence-corrected chi connectivity index (χ1v) is 13.3. The molecular formula is C28H38N4O4S. The van der Waals surface area contributed by atoms with E-state index in [0.29, 0.717) is 22.4 Å². The maximum absolute atomic E-state index is 12.2. The van der Waals surface area contributed by atoms with Gasteiger partial charge < -0.3 is 24.1 Å². The smallest absolute Gasteiger partial charge is 0.287 e. The lowest BCUT2D eigenvalue weighted by Gasteiger charge is -2.23. The normalized spacial score (nSPS) is 11.5. The highest BCUT2D eigenvalue weighted by Crippen LogP contribution is 2.30. The summed E-state index contributed by atoms with van der Waals surface area (Å²) in [5.74, 6) is 3.63. The average Bonchev–Trinajstić information content (AvgIpc) is 3.34. The Hall–Kier alpha value is -3.20. The van der Waals surface area contributed by atoms with E-state index in [1.165, 1.54) is 11.8 Å². The van der Waals surface area contributed by atoms with E-state index in [1.54, 1.807) is 20.3 Å². The topological polar surface area (TPSA) is 89.7 Å². The standard InChI is InChI=1S/C28H38N4O4S/c1-18(2)29-26(33)22-12-10-20(36-22)17-37-27-30-24(28(3,4)5)16-25(31-27)32(6)14-13-19-9-11-21(34-7)23(15-19)35-8/h9-12,15-16,18H,13-14,17H2,1-8H3,(H,29,33). The van der Waals surface area contributed by atoms with Gasteiger partial charge in [0.15, 0.2) is 22.4 Å². The third-order valence-electron chi connectivity index (χ3n) is 5.68. The SMILES string of the molecule is COc1ccc(CCN(C)c2cc(C(C)(C)C)nc(SCc3ccc(C(=O)NC(C)C)o3)n2)cc1OC. The Labute approximate surface area is 224 Å². The lowest BCUT2D eigenvalue weighted by molar-refractivity contribution is 0.0913. The highest BCUT2D eigenvalue weighted by atomic mass is 32.2. The average molecular weight is 527 g/mol. The zero-order chi connectivity index (χ0) is 27.2.